The van der Waals surface area contributed by atoms with Crippen LogP contribution in [0.3, 0.4) is 0 Å². The van der Waals surface area contributed by atoms with Crippen molar-refractivity contribution in [1.29, 1.82) is 0 Å². The van der Waals surface area contributed by atoms with Gasteiger partial charge in [-0.25, -0.2) is 4.98 Å². The number of unbranched alkanes of at least 4 members (excludes halogenated alkanes) is 1. The van der Waals surface area contributed by atoms with Gasteiger partial charge in [0.25, 0.3) is 0 Å². The Labute approximate surface area is 102 Å². The highest BCUT2D eigenvalue weighted by atomic mass is 32.1. The number of nitrogens with zero attached hydrogens (tertiary/aromatic N) is 2. The largest absolute Gasteiger partial charge is 0.391 e. The van der Waals surface area contributed by atoms with E-state index in [1.165, 1.54) is 12.8 Å². The Bertz CT molecular complexity index is 290. The maximum atomic E-state index is 9.25. The number of hydrogen-bond acceptors (Lipinski definition) is 4. The minimum absolute atomic E-state index is 0.117. The zero-order chi connectivity index (χ0) is 12.0. The molecule has 0 atom stereocenters. The monoisotopic (exact) mass is 242 g/mol. The number of aromatic nitrogens is 1. The van der Waals surface area contributed by atoms with Crippen LogP contribution in [-0.4, -0.2) is 23.2 Å². The van der Waals surface area contributed by atoms with Crippen molar-refractivity contribution in [2.75, 3.05) is 18.0 Å². The minimum atomic E-state index is 0.117. The van der Waals surface area contributed by atoms with Crippen LogP contribution in [-0.2, 0) is 13.0 Å². The van der Waals surface area contributed by atoms with Crippen LogP contribution in [0, 0.1) is 0 Å². The van der Waals surface area contributed by atoms with E-state index in [2.05, 4.69) is 30.7 Å². The van der Waals surface area contributed by atoms with Crippen LogP contribution >= 0.6 is 11.3 Å². The molecule has 4 heteroatoms. The average molecular weight is 242 g/mol. The van der Waals surface area contributed by atoms with Gasteiger partial charge in [0.15, 0.2) is 5.13 Å². The van der Waals surface area contributed by atoms with E-state index >= 15 is 0 Å². The number of aliphatic hydroxyl groups excluding tert-OH is 1. The van der Waals surface area contributed by atoms with E-state index in [0.717, 1.165) is 35.2 Å². The number of aliphatic hydroxyl groups is 1. The molecule has 1 heterocycles. The SMILES string of the molecule is CCCCN(CC)c1nc(CC)c(CO)s1. The Kier molecular flexibility index (Phi) is 5.77. The van der Waals surface area contributed by atoms with Gasteiger partial charge in [-0.05, 0) is 19.8 Å². The molecule has 1 aromatic heterocycles. The molecule has 1 N–H and O–H groups in total. The molecule has 1 rings (SSSR count). The third kappa shape index (κ3) is 3.19. The van der Waals surface area contributed by atoms with Gasteiger partial charge in [-0.1, -0.05) is 31.6 Å². The van der Waals surface area contributed by atoms with Gasteiger partial charge in [0.1, 0.15) is 0 Å². The Morgan fingerprint density at radius 2 is 2.06 bits per heavy atom. The third-order valence-corrected chi connectivity index (χ3v) is 3.82. The summed E-state index contributed by atoms with van der Waals surface area (Å²) < 4.78 is 0. The van der Waals surface area contributed by atoms with Gasteiger partial charge in [0.2, 0.25) is 0 Å². The summed E-state index contributed by atoms with van der Waals surface area (Å²) in [7, 11) is 0. The van der Waals surface area contributed by atoms with Crippen LogP contribution in [0.15, 0.2) is 0 Å². The summed E-state index contributed by atoms with van der Waals surface area (Å²) in [5.41, 5.74) is 1.05. The van der Waals surface area contributed by atoms with Crippen LogP contribution in [0.2, 0.25) is 0 Å². The number of anilines is 1. The fraction of sp³-hybridized carbons (Fsp3) is 0.750. The lowest BCUT2D eigenvalue weighted by atomic mass is 10.3. The van der Waals surface area contributed by atoms with Crippen molar-refractivity contribution in [3.8, 4) is 0 Å². The van der Waals surface area contributed by atoms with Crippen LogP contribution in [0.4, 0.5) is 5.13 Å². The summed E-state index contributed by atoms with van der Waals surface area (Å²) in [6.07, 6.45) is 3.30. The molecule has 3 nitrogen and oxygen atoms in total. The topological polar surface area (TPSA) is 36.4 Å². The van der Waals surface area contributed by atoms with Crippen molar-refractivity contribution in [2.45, 2.75) is 46.6 Å². The van der Waals surface area contributed by atoms with Gasteiger partial charge in [-0.2, -0.15) is 0 Å². The lowest BCUT2D eigenvalue weighted by Gasteiger charge is -2.19. The first-order valence-electron chi connectivity index (χ1n) is 6.11. The highest BCUT2D eigenvalue weighted by Gasteiger charge is 2.13. The molecule has 0 fully saturated rings. The fourth-order valence-corrected chi connectivity index (χ4v) is 2.74. The Balaban J connectivity index is 2.79. The second kappa shape index (κ2) is 6.86. The van der Waals surface area contributed by atoms with Gasteiger partial charge in [0, 0.05) is 13.1 Å². The van der Waals surface area contributed by atoms with E-state index in [9.17, 15) is 5.11 Å². The molecule has 0 aliphatic heterocycles. The van der Waals surface area contributed by atoms with Crippen molar-refractivity contribution in [2.24, 2.45) is 0 Å². The Morgan fingerprint density at radius 3 is 2.50 bits per heavy atom. The molecule has 0 saturated carbocycles. The first-order valence-corrected chi connectivity index (χ1v) is 6.92. The van der Waals surface area contributed by atoms with Gasteiger partial charge in [-0.3, -0.25) is 0 Å². The summed E-state index contributed by atoms with van der Waals surface area (Å²) in [4.78, 5) is 7.93. The van der Waals surface area contributed by atoms with E-state index < -0.39 is 0 Å². The second-order valence-electron chi connectivity index (χ2n) is 3.81. The normalized spacial score (nSPS) is 10.8. The lowest BCUT2D eigenvalue weighted by molar-refractivity contribution is 0.284. The summed E-state index contributed by atoms with van der Waals surface area (Å²) in [6.45, 7) is 8.61. The predicted molar refractivity (Wildman–Crippen MR) is 70.2 cm³/mol. The molecule has 0 unspecified atom stereocenters. The van der Waals surface area contributed by atoms with E-state index in [-0.39, 0.29) is 6.61 Å². The molecule has 0 aliphatic rings. The summed E-state index contributed by atoms with van der Waals surface area (Å²) in [6, 6.07) is 0. The van der Waals surface area contributed by atoms with E-state index in [0.29, 0.717) is 0 Å². The van der Waals surface area contributed by atoms with Crippen molar-refractivity contribution >= 4 is 16.5 Å². The fourth-order valence-electron chi connectivity index (χ4n) is 1.64. The maximum Gasteiger partial charge on any atom is 0.185 e. The van der Waals surface area contributed by atoms with Crippen molar-refractivity contribution in [1.82, 2.24) is 4.98 Å². The Hall–Kier alpha value is -0.610. The van der Waals surface area contributed by atoms with Crippen molar-refractivity contribution in [3.05, 3.63) is 10.6 Å². The van der Waals surface area contributed by atoms with Crippen LogP contribution in [0.1, 0.15) is 44.2 Å². The first kappa shape index (κ1) is 13.5. The zero-order valence-electron chi connectivity index (χ0n) is 10.5. The Morgan fingerprint density at radius 1 is 1.31 bits per heavy atom. The van der Waals surface area contributed by atoms with Gasteiger partial charge >= 0.3 is 0 Å². The molecule has 0 spiro atoms. The first-order chi connectivity index (χ1) is 7.76. The van der Waals surface area contributed by atoms with E-state index in [4.69, 9.17) is 0 Å². The summed E-state index contributed by atoms with van der Waals surface area (Å²) in [5.74, 6) is 0. The lowest BCUT2D eigenvalue weighted by Crippen LogP contribution is -2.23. The summed E-state index contributed by atoms with van der Waals surface area (Å²) >= 11 is 1.63. The maximum absolute atomic E-state index is 9.25. The highest BCUT2D eigenvalue weighted by molar-refractivity contribution is 7.15. The van der Waals surface area contributed by atoms with Gasteiger partial charge in [0.05, 0.1) is 17.2 Å². The van der Waals surface area contributed by atoms with Gasteiger partial charge in [-0.15, -0.1) is 0 Å². The quantitative estimate of drug-likeness (QED) is 0.798. The minimum Gasteiger partial charge on any atom is -0.391 e. The predicted octanol–water partition coefficient (Wildman–Crippen LogP) is 2.82. The molecule has 92 valence electrons. The molecular formula is C12H22N2OS. The standard InChI is InChI=1S/C12H22N2OS/c1-4-7-8-14(6-3)12-13-10(5-2)11(9-15)16-12/h15H,4-9H2,1-3H3. The number of rotatable bonds is 7. The highest BCUT2D eigenvalue weighted by Crippen LogP contribution is 2.27. The molecule has 0 aromatic carbocycles. The van der Waals surface area contributed by atoms with Crippen LogP contribution in [0.5, 0.6) is 0 Å². The third-order valence-electron chi connectivity index (χ3n) is 2.68. The van der Waals surface area contributed by atoms with Crippen LogP contribution < -0.4 is 4.90 Å². The van der Waals surface area contributed by atoms with Crippen molar-refractivity contribution in [3.63, 3.8) is 0 Å². The molecule has 16 heavy (non-hydrogen) atoms. The molecule has 0 aliphatic carbocycles. The molecule has 0 saturated heterocycles. The number of aryl methyl sites for hydroxylation is 1. The van der Waals surface area contributed by atoms with E-state index in [1.54, 1.807) is 11.3 Å². The number of thiazole rings is 1. The second-order valence-corrected chi connectivity index (χ2v) is 4.87. The zero-order valence-corrected chi connectivity index (χ0v) is 11.3. The van der Waals surface area contributed by atoms with E-state index in [1.807, 2.05) is 0 Å². The molecule has 0 bridgehead atoms. The number of hydrogen-bond donors (Lipinski definition) is 1. The van der Waals surface area contributed by atoms with Gasteiger partial charge < -0.3 is 10.0 Å². The van der Waals surface area contributed by atoms with Crippen molar-refractivity contribution < 1.29 is 5.11 Å². The average Bonchev–Trinajstić information content (AvgIpc) is 2.73. The molecule has 0 radical (unpaired) electrons. The molecule has 1 aromatic rings. The molecule has 0 amide bonds. The summed E-state index contributed by atoms with van der Waals surface area (Å²) in [5, 5.41) is 10.3. The molecular weight excluding hydrogens is 220 g/mol. The smallest absolute Gasteiger partial charge is 0.185 e. The van der Waals surface area contributed by atoms with Crippen LogP contribution in [0.25, 0.3) is 0 Å².